The van der Waals surface area contributed by atoms with Crippen LogP contribution in [0.25, 0.3) is 0 Å². The van der Waals surface area contributed by atoms with Gasteiger partial charge in [-0.2, -0.15) is 0 Å². The maximum atomic E-state index is 12.8. The smallest absolute Gasteiger partial charge is 0.306 e. The third-order valence-electron chi connectivity index (χ3n) is 11.6. The molecular weight excluding hydrogens is 757 g/mol. The molecule has 0 aromatic carbocycles. The number of esters is 3. The predicted octanol–water partition coefficient (Wildman–Crippen LogP) is 17.3. The minimum atomic E-state index is -0.775. The zero-order valence-electron chi connectivity index (χ0n) is 40.7. The van der Waals surface area contributed by atoms with E-state index in [0.29, 0.717) is 19.3 Å². The van der Waals surface area contributed by atoms with E-state index in [9.17, 15) is 14.4 Å². The Hall–Kier alpha value is -2.37. The lowest BCUT2D eigenvalue weighted by Crippen LogP contribution is -2.30. The molecule has 0 aliphatic carbocycles. The van der Waals surface area contributed by atoms with Crippen molar-refractivity contribution in [2.24, 2.45) is 0 Å². The first-order chi connectivity index (χ1) is 30.0. The molecule has 0 saturated heterocycles. The number of rotatable bonds is 48. The summed E-state index contributed by atoms with van der Waals surface area (Å²) in [5.74, 6) is -0.885. The highest BCUT2D eigenvalue weighted by Gasteiger charge is 2.19. The Kier molecular flexibility index (Phi) is 48.3. The SMILES string of the molecule is CCCCC/C=C\C/C=C\C/C=C\CCCCCCC(=O)OC[C@@H](COC(=O)CCCCCCCCCCCCCCC)OC(=O)CCCCCCCCCCCCCCC. The normalized spacial score (nSPS) is 12.2. The van der Waals surface area contributed by atoms with Crippen LogP contribution in [0, 0.1) is 0 Å². The molecule has 0 radical (unpaired) electrons. The van der Waals surface area contributed by atoms with Crippen molar-refractivity contribution in [3.05, 3.63) is 36.5 Å². The number of hydrogen-bond donors (Lipinski definition) is 0. The lowest BCUT2D eigenvalue weighted by molar-refractivity contribution is -0.167. The van der Waals surface area contributed by atoms with Gasteiger partial charge in [0.05, 0.1) is 0 Å². The first-order valence-electron chi connectivity index (χ1n) is 26.5. The summed E-state index contributed by atoms with van der Waals surface area (Å²) in [7, 11) is 0. The van der Waals surface area contributed by atoms with E-state index in [1.807, 2.05) is 0 Å². The van der Waals surface area contributed by atoms with E-state index in [1.165, 1.54) is 154 Å². The highest BCUT2D eigenvalue weighted by atomic mass is 16.6. The van der Waals surface area contributed by atoms with Gasteiger partial charge >= 0.3 is 17.9 Å². The molecule has 0 aromatic heterocycles. The monoisotopic (exact) mass is 857 g/mol. The van der Waals surface area contributed by atoms with Crippen molar-refractivity contribution in [2.75, 3.05) is 13.2 Å². The van der Waals surface area contributed by atoms with Crippen LogP contribution in [0.3, 0.4) is 0 Å². The Morgan fingerprint density at radius 1 is 0.328 bits per heavy atom. The van der Waals surface area contributed by atoms with Gasteiger partial charge in [0.15, 0.2) is 6.10 Å². The molecule has 6 nitrogen and oxygen atoms in total. The lowest BCUT2D eigenvalue weighted by atomic mass is 10.0. The highest BCUT2D eigenvalue weighted by Crippen LogP contribution is 2.16. The number of ether oxygens (including phenoxy) is 3. The summed E-state index contributed by atoms with van der Waals surface area (Å²) < 4.78 is 16.8. The van der Waals surface area contributed by atoms with Crippen molar-refractivity contribution < 1.29 is 28.6 Å². The molecule has 0 N–H and O–H groups in total. The number of carbonyl (C=O) groups excluding carboxylic acids is 3. The first-order valence-corrected chi connectivity index (χ1v) is 26.5. The van der Waals surface area contributed by atoms with E-state index in [-0.39, 0.29) is 31.1 Å². The third kappa shape index (κ3) is 48.5. The van der Waals surface area contributed by atoms with Crippen LogP contribution in [0.15, 0.2) is 36.5 Å². The molecule has 0 fully saturated rings. The Morgan fingerprint density at radius 2 is 0.590 bits per heavy atom. The van der Waals surface area contributed by atoms with Crippen molar-refractivity contribution in [1.29, 1.82) is 0 Å². The van der Waals surface area contributed by atoms with Gasteiger partial charge < -0.3 is 14.2 Å². The van der Waals surface area contributed by atoms with Gasteiger partial charge in [-0.05, 0) is 57.8 Å². The zero-order chi connectivity index (χ0) is 44.4. The average molecular weight is 857 g/mol. The van der Waals surface area contributed by atoms with Gasteiger partial charge in [-0.15, -0.1) is 0 Å². The van der Waals surface area contributed by atoms with Crippen molar-refractivity contribution in [3.8, 4) is 0 Å². The van der Waals surface area contributed by atoms with E-state index in [1.54, 1.807) is 0 Å². The fourth-order valence-corrected chi connectivity index (χ4v) is 7.63. The van der Waals surface area contributed by atoms with E-state index in [4.69, 9.17) is 14.2 Å². The van der Waals surface area contributed by atoms with Crippen LogP contribution >= 0.6 is 0 Å². The Bertz CT molecular complexity index is 1030. The van der Waals surface area contributed by atoms with Crippen molar-refractivity contribution >= 4 is 17.9 Å². The van der Waals surface area contributed by atoms with E-state index in [0.717, 1.165) is 83.5 Å². The minimum absolute atomic E-state index is 0.0750. The van der Waals surface area contributed by atoms with Crippen LogP contribution in [-0.4, -0.2) is 37.2 Å². The van der Waals surface area contributed by atoms with Gasteiger partial charge in [-0.25, -0.2) is 0 Å². The molecule has 356 valence electrons. The predicted molar refractivity (Wildman–Crippen MR) is 261 cm³/mol. The summed E-state index contributed by atoms with van der Waals surface area (Å²) in [6.45, 7) is 6.61. The van der Waals surface area contributed by atoms with Crippen LogP contribution in [0.4, 0.5) is 0 Å². The summed E-state index contributed by atoms with van der Waals surface area (Å²) in [6.07, 6.45) is 58.3. The zero-order valence-corrected chi connectivity index (χ0v) is 40.7. The molecule has 0 heterocycles. The molecule has 0 bridgehead atoms. The van der Waals surface area contributed by atoms with Crippen LogP contribution in [0.1, 0.15) is 278 Å². The number of allylic oxidation sites excluding steroid dienone is 6. The second-order valence-corrected chi connectivity index (χ2v) is 17.8. The molecule has 0 saturated carbocycles. The number of carbonyl (C=O) groups is 3. The molecule has 0 unspecified atom stereocenters. The Balaban J connectivity index is 4.38. The highest BCUT2D eigenvalue weighted by molar-refractivity contribution is 5.71. The van der Waals surface area contributed by atoms with E-state index < -0.39 is 6.10 Å². The summed E-state index contributed by atoms with van der Waals surface area (Å²) in [4.78, 5) is 38.0. The fraction of sp³-hybridized carbons (Fsp3) is 0.836. The van der Waals surface area contributed by atoms with E-state index in [2.05, 4.69) is 57.2 Å². The molecule has 6 heteroatoms. The quantitative estimate of drug-likeness (QED) is 0.0262. The molecule has 0 aliphatic rings. The molecule has 61 heavy (non-hydrogen) atoms. The molecule has 0 spiro atoms. The van der Waals surface area contributed by atoms with Gasteiger partial charge in [-0.1, -0.05) is 237 Å². The second-order valence-electron chi connectivity index (χ2n) is 17.8. The van der Waals surface area contributed by atoms with Gasteiger partial charge in [0, 0.05) is 19.3 Å². The summed E-state index contributed by atoms with van der Waals surface area (Å²) in [5.41, 5.74) is 0. The van der Waals surface area contributed by atoms with Crippen molar-refractivity contribution in [2.45, 2.75) is 284 Å². The minimum Gasteiger partial charge on any atom is -0.462 e. The summed E-state index contributed by atoms with van der Waals surface area (Å²) in [6, 6.07) is 0. The fourth-order valence-electron chi connectivity index (χ4n) is 7.63. The van der Waals surface area contributed by atoms with Crippen molar-refractivity contribution in [3.63, 3.8) is 0 Å². The topological polar surface area (TPSA) is 78.9 Å². The third-order valence-corrected chi connectivity index (χ3v) is 11.6. The van der Waals surface area contributed by atoms with Gasteiger partial charge in [-0.3, -0.25) is 14.4 Å². The lowest BCUT2D eigenvalue weighted by Gasteiger charge is -2.18. The van der Waals surface area contributed by atoms with E-state index >= 15 is 0 Å². The van der Waals surface area contributed by atoms with Crippen LogP contribution in [0.2, 0.25) is 0 Å². The molecule has 0 amide bonds. The van der Waals surface area contributed by atoms with Gasteiger partial charge in [0.2, 0.25) is 0 Å². The maximum absolute atomic E-state index is 12.8. The number of hydrogen-bond acceptors (Lipinski definition) is 6. The average Bonchev–Trinajstić information content (AvgIpc) is 3.26. The van der Waals surface area contributed by atoms with Gasteiger partial charge in [0.1, 0.15) is 13.2 Å². The van der Waals surface area contributed by atoms with Crippen molar-refractivity contribution in [1.82, 2.24) is 0 Å². The maximum Gasteiger partial charge on any atom is 0.306 e. The largest absolute Gasteiger partial charge is 0.462 e. The number of unbranched alkanes of at least 4 members (excludes halogenated alkanes) is 31. The molecule has 0 rings (SSSR count). The van der Waals surface area contributed by atoms with Crippen LogP contribution in [-0.2, 0) is 28.6 Å². The second kappa shape index (κ2) is 50.3. The Morgan fingerprint density at radius 3 is 0.951 bits per heavy atom. The van der Waals surface area contributed by atoms with Crippen LogP contribution < -0.4 is 0 Å². The molecule has 0 aromatic rings. The molecule has 1 atom stereocenters. The van der Waals surface area contributed by atoms with Crippen LogP contribution in [0.5, 0.6) is 0 Å². The summed E-state index contributed by atoms with van der Waals surface area (Å²) in [5, 5.41) is 0. The first kappa shape index (κ1) is 58.6. The molecular formula is C55H100O6. The standard InChI is InChI=1S/C55H100O6/c1-4-7-10-13-16-19-22-25-26-27-28-31-33-36-39-42-45-48-54(57)60-51-52(61-55(58)49-46-43-40-37-34-30-24-21-18-15-12-9-6-3)50-59-53(56)47-44-41-38-35-32-29-23-20-17-14-11-8-5-2/h16,19,25-26,28,31,52H,4-15,17-18,20-24,27,29-30,32-51H2,1-3H3/b19-16-,26-25-,31-28-/t52-/m1/s1. The Labute approximate surface area is 378 Å². The summed E-state index contributed by atoms with van der Waals surface area (Å²) >= 11 is 0. The molecule has 0 aliphatic heterocycles. The van der Waals surface area contributed by atoms with Gasteiger partial charge in [0.25, 0.3) is 0 Å².